The maximum Gasteiger partial charge on any atom is 0.266 e. The number of nitrogens with zero attached hydrogens (tertiary/aromatic N) is 2. The number of aromatic nitrogens is 2. The summed E-state index contributed by atoms with van der Waals surface area (Å²) in [6.45, 7) is 2.00. The molecule has 0 saturated carbocycles. The Labute approximate surface area is 148 Å². The van der Waals surface area contributed by atoms with Gasteiger partial charge in [0.2, 0.25) is 0 Å². The van der Waals surface area contributed by atoms with Gasteiger partial charge in [0, 0.05) is 5.69 Å². The number of imidazole rings is 1. The average Bonchev–Trinajstić information content (AvgIpc) is 3.07. The van der Waals surface area contributed by atoms with Crippen molar-refractivity contribution in [2.75, 3.05) is 5.32 Å². The standard InChI is InChI=1S/C17H14N4OS2/c1-10-6-2-3-7-11(10)18-16(23)20-14-15(22)21-13-9-5-4-8-12(13)19-17(21)24-14/h2-9,14H,1H3,(H2,18,20,23). The lowest BCUT2D eigenvalue weighted by Crippen LogP contribution is -2.40. The van der Waals surface area contributed by atoms with Gasteiger partial charge < -0.3 is 10.6 Å². The summed E-state index contributed by atoms with van der Waals surface area (Å²) in [5.74, 6) is -0.0577. The van der Waals surface area contributed by atoms with Crippen molar-refractivity contribution in [3.63, 3.8) is 0 Å². The van der Waals surface area contributed by atoms with Crippen LogP contribution >= 0.6 is 24.0 Å². The van der Waals surface area contributed by atoms with Crippen LogP contribution in [0.25, 0.3) is 11.0 Å². The predicted molar refractivity (Wildman–Crippen MR) is 101 cm³/mol. The molecule has 120 valence electrons. The van der Waals surface area contributed by atoms with Crippen LogP contribution in [0.15, 0.2) is 53.7 Å². The maximum atomic E-state index is 12.7. The molecule has 1 aliphatic heterocycles. The van der Waals surface area contributed by atoms with E-state index in [1.54, 1.807) is 4.57 Å². The Balaban J connectivity index is 1.51. The largest absolute Gasteiger partial charge is 0.342 e. The van der Waals surface area contributed by atoms with E-state index in [4.69, 9.17) is 12.2 Å². The van der Waals surface area contributed by atoms with Crippen molar-refractivity contribution in [3.8, 4) is 0 Å². The highest BCUT2D eigenvalue weighted by Crippen LogP contribution is 2.33. The molecule has 1 aromatic heterocycles. The van der Waals surface area contributed by atoms with E-state index in [1.165, 1.54) is 11.8 Å². The molecule has 24 heavy (non-hydrogen) atoms. The van der Waals surface area contributed by atoms with Crippen molar-refractivity contribution in [1.29, 1.82) is 0 Å². The van der Waals surface area contributed by atoms with E-state index in [0.717, 1.165) is 22.3 Å². The number of anilines is 1. The summed E-state index contributed by atoms with van der Waals surface area (Å²) in [4.78, 5) is 17.2. The number of aryl methyl sites for hydroxylation is 1. The van der Waals surface area contributed by atoms with Crippen LogP contribution in [0.1, 0.15) is 10.4 Å². The second kappa shape index (κ2) is 5.92. The van der Waals surface area contributed by atoms with Gasteiger partial charge in [-0.1, -0.05) is 42.1 Å². The molecule has 2 N–H and O–H groups in total. The first-order valence-corrected chi connectivity index (χ1v) is 8.74. The fraction of sp³-hybridized carbons (Fsp3) is 0.118. The van der Waals surface area contributed by atoms with Crippen molar-refractivity contribution >= 4 is 51.7 Å². The molecule has 7 heteroatoms. The molecule has 0 aliphatic carbocycles. The first kappa shape index (κ1) is 15.2. The fourth-order valence-electron chi connectivity index (χ4n) is 2.65. The first-order valence-electron chi connectivity index (χ1n) is 7.45. The molecule has 5 nitrogen and oxygen atoms in total. The molecule has 0 radical (unpaired) electrons. The lowest BCUT2D eigenvalue weighted by molar-refractivity contribution is 0.0910. The number of para-hydroxylation sites is 3. The van der Waals surface area contributed by atoms with E-state index >= 15 is 0 Å². The Morgan fingerprint density at radius 2 is 1.96 bits per heavy atom. The van der Waals surface area contributed by atoms with Gasteiger partial charge in [-0.05, 0) is 42.9 Å². The smallest absolute Gasteiger partial charge is 0.266 e. The number of nitrogens with one attached hydrogen (secondary N) is 2. The summed E-state index contributed by atoms with van der Waals surface area (Å²) in [5.41, 5.74) is 3.67. The Kier molecular flexibility index (Phi) is 3.74. The Morgan fingerprint density at radius 1 is 1.21 bits per heavy atom. The van der Waals surface area contributed by atoms with Gasteiger partial charge in [0.25, 0.3) is 5.91 Å². The number of carbonyl (C=O) groups excluding carboxylic acids is 1. The quantitative estimate of drug-likeness (QED) is 0.688. The van der Waals surface area contributed by atoms with Crippen LogP contribution in [-0.4, -0.2) is 25.9 Å². The van der Waals surface area contributed by atoms with Crippen LogP contribution in [-0.2, 0) is 0 Å². The first-order chi connectivity index (χ1) is 11.6. The number of thioether (sulfide) groups is 1. The van der Waals surface area contributed by atoms with Gasteiger partial charge in [-0.2, -0.15) is 0 Å². The summed E-state index contributed by atoms with van der Waals surface area (Å²) in [6.07, 6.45) is 0. The molecule has 0 amide bonds. The molecule has 0 saturated heterocycles. The third-order valence-electron chi connectivity index (χ3n) is 3.85. The fourth-order valence-corrected chi connectivity index (χ4v) is 3.99. The summed E-state index contributed by atoms with van der Waals surface area (Å²) in [5, 5.41) is 6.86. The van der Waals surface area contributed by atoms with E-state index in [0.29, 0.717) is 10.3 Å². The van der Waals surface area contributed by atoms with E-state index in [9.17, 15) is 4.79 Å². The predicted octanol–water partition coefficient (Wildman–Crippen LogP) is 3.40. The Hall–Kier alpha value is -2.38. The van der Waals surface area contributed by atoms with Crippen molar-refractivity contribution in [1.82, 2.24) is 14.9 Å². The molecule has 2 heterocycles. The number of fused-ring (bicyclic) bond motifs is 3. The molecule has 0 spiro atoms. The molecule has 4 rings (SSSR count). The van der Waals surface area contributed by atoms with Gasteiger partial charge in [0.1, 0.15) is 0 Å². The zero-order valence-corrected chi connectivity index (χ0v) is 14.4. The van der Waals surface area contributed by atoms with Crippen molar-refractivity contribution in [2.45, 2.75) is 17.5 Å². The summed E-state index contributed by atoms with van der Waals surface area (Å²) in [7, 11) is 0. The van der Waals surface area contributed by atoms with Crippen LogP contribution in [0.5, 0.6) is 0 Å². The zero-order valence-electron chi connectivity index (χ0n) is 12.8. The SMILES string of the molecule is Cc1ccccc1NC(=S)NC1Sc2nc3ccccc3n2C1=O. The van der Waals surface area contributed by atoms with Gasteiger partial charge >= 0.3 is 0 Å². The highest BCUT2D eigenvalue weighted by atomic mass is 32.2. The third-order valence-corrected chi connectivity index (χ3v) is 5.11. The summed E-state index contributed by atoms with van der Waals surface area (Å²) >= 11 is 6.73. The zero-order chi connectivity index (χ0) is 16.7. The topological polar surface area (TPSA) is 59.0 Å². The molecule has 3 aromatic rings. The van der Waals surface area contributed by atoms with Crippen LogP contribution in [0.2, 0.25) is 0 Å². The Bertz CT molecular complexity index is 966. The number of hydrogen-bond acceptors (Lipinski definition) is 4. The maximum absolute atomic E-state index is 12.7. The molecule has 1 unspecified atom stereocenters. The van der Waals surface area contributed by atoms with Crippen molar-refractivity contribution in [3.05, 3.63) is 54.1 Å². The molecular formula is C17H14N4OS2. The van der Waals surface area contributed by atoms with Crippen LogP contribution in [0.3, 0.4) is 0 Å². The highest BCUT2D eigenvalue weighted by molar-refractivity contribution is 8.01. The van der Waals surface area contributed by atoms with Crippen LogP contribution < -0.4 is 10.6 Å². The minimum Gasteiger partial charge on any atom is -0.342 e. The summed E-state index contributed by atoms with van der Waals surface area (Å²) in [6, 6.07) is 15.5. The number of hydrogen-bond donors (Lipinski definition) is 2. The van der Waals surface area contributed by atoms with E-state index in [2.05, 4.69) is 15.6 Å². The second-order valence-electron chi connectivity index (χ2n) is 5.47. The minimum atomic E-state index is -0.471. The molecule has 0 bridgehead atoms. The van der Waals surface area contributed by atoms with Gasteiger partial charge in [0.15, 0.2) is 15.6 Å². The van der Waals surface area contributed by atoms with Crippen molar-refractivity contribution < 1.29 is 4.79 Å². The third kappa shape index (κ3) is 2.55. The van der Waals surface area contributed by atoms with E-state index in [1.807, 2.05) is 55.5 Å². The van der Waals surface area contributed by atoms with Crippen molar-refractivity contribution in [2.24, 2.45) is 0 Å². The van der Waals surface area contributed by atoms with Gasteiger partial charge in [-0.25, -0.2) is 4.98 Å². The molecule has 1 aliphatic rings. The molecule has 2 aromatic carbocycles. The number of thiocarbonyl (C=S) groups is 1. The normalized spacial score (nSPS) is 16.2. The van der Waals surface area contributed by atoms with Crippen LogP contribution in [0.4, 0.5) is 5.69 Å². The molecular weight excluding hydrogens is 340 g/mol. The summed E-state index contributed by atoms with van der Waals surface area (Å²) < 4.78 is 1.65. The van der Waals surface area contributed by atoms with E-state index in [-0.39, 0.29) is 5.91 Å². The number of benzene rings is 2. The van der Waals surface area contributed by atoms with Gasteiger partial charge in [-0.3, -0.25) is 9.36 Å². The lowest BCUT2D eigenvalue weighted by atomic mass is 10.2. The number of carbonyl (C=O) groups is 1. The molecule has 0 fully saturated rings. The minimum absolute atomic E-state index is 0.0577. The van der Waals surface area contributed by atoms with Crippen LogP contribution in [0, 0.1) is 6.92 Å². The Morgan fingerprint density at radius 3 is 2.79 bits per heavy atom. The highest BCUT2D eigenvalue weighted by Gasteiger charge is 2.34. The number of rotatable bonds is 2. The molecule has 1 atom stereocenters. The van der Waals surface area contributed by atoms with Gasteiger partial charge in [0.05, 0.1) is 11.0 Å². The lowest BCUT2D eigenvalue weighted by Gasteiger charge is -2.15. The average molecular weight is 354 g/mol. The second-order valence-corrected chi connectivity index (χ2v) is 6.95. The monoisotopic (exact) mass is 354 g/mol. The van der Waals surface area contributed by atoms with E-state index < -0.39 is 5.37 Å². The van der Waals surface area contributed by atoms with Gasteiger partial charge in [-0.15, -0.1) is 0 Å².